The molecule has 1 N–H and O–H groups in total. The molecule has 3 heterocycles. The molecule has 0 aliphatic carbocycles. The molecule has 1 atom stereocenters. The zero-order chi connectivity index (χ0) is 18.8. The Kier molecular flexibility index (Phi) is 4.90. The minimum Gasteiger partial charge on any atom is -0.493 e. The number of fused-ring (bicyclic) bond motifs is 1. The van der Waals surface area contributed by atoms with Crippen LogP contribution in [0, 0.1) is 6.92 Å². The van der Waals surface area contributed by atoms with Gasteiger partial charge in [0, 0.05) is 24.9 Å². The predicted octanol–water partition coefficient (Wildman–Crippen LogP) is 3.92. The van der Waals surface area contributed by atoms with E-state index >= 15 is 0 Å². The van der Waals surface area contributed by atoms with Gasteiger partial charge in [-0.15, -0.1) is 0 Å². The van der Waals surface area contributed by atoms with Gasteiger partial charge in [0.05, 0.1) is 20.3 Å². The molecule has 1 aliphatic heterocycles. The van der Waals surface area contributed by atoms with E-state index in [2.05, 4.69) is 35.0 Å². The number of nitrogens with zero attached hydrogens (tertiary/aromatic N) is 2. The fourth-order valence-electron chi connectivity index (χ4n) is 3.52. The van der Waals surface area contributed by atoms with Gasteiger partial charge in [-0.2, -0.15) is 0 Å². The lowest BCUT2D eigenvalue weighted by Crippen LogP contribution is -2.19. The van der Waals surface area contributed by atoms with Crippen molar-refractivity contribution in [2.24, 2.45) is 0 Å². The monoisotopic (exact) mass is 367 g/mol. The van der Waals surface area contributed by atoms with Crippen molar-refractivity contribution in [3.63, 3.8) is 0 Å². The summed E-state index contributed by atoms with van der Waals surface area (Å²) < 4.78 is 18.7. The number of rotatable bonds is 6. The topological polar surface area (TPSA) is 57.0 Å². The van der Waals surface area contributed by atoms with E-state index in [9.17, 15) is 0 Å². The number of aryl methyl sites for hydroxylation is 1. The van der Waals surface area contributed by atoms with Crippen molar-refractivity contribution in [3.05, 3.63) is 42.1 Å². The highest BCUT2D eigenvalue weighted by Gasteiger charge is 2.19. The van der Waals surface area contributed by atoms with Gasteiger partial charge in [0.2, 0.25) is 0 Å². The van der Waals surface area contributed by atoms with Crippen molar-refractivity contribution < 1.29 is 14.2 Å². The molecule has 0 saturated carbocycles. The first kappa shape index (κ1) is 17.7. The smallest absolute Gasteiger partial charge is 0.161 e. The van der Waals surface area contributed by atoms with Crippen LogP contribution >= 0.6 is 0 Å². The number of hydrogen-bond donors (Lipinski definition) is 1. The Labute approximate surface area is 159 Å². The average molecular weight is 367 g/mol. The molecular weight excluding hydrogens is 342 g/mol. The quantitative estimate of drug-likeness (QED) is 0.716. The number of nitrogens with one attached hydrogen (secondary N) is 1. The van der Waals surface area contributed by atoms with Crippen molar-refractivity contribution in [2.45, 2.75) is 25.9 Å². The number of anilines is 1. The van der Waals surface area contributed by atoms with E-state index in [0.717, 1.165) is 48.7 Å². The second-order valence-corrected chi connectivity index (χ2v) is 6.83. The third-order valence-electron chi connectivity index (χ3n) is 4.96. The summed E-state index contributed by atoms with van der Waals surface area (Å²) in [5, 5.41) is 3.57. The first-order chi connectivity index (χ1) is 13.2. The van der Waals surface area contributed by atoms with Gasteiger partial charge < -0.3 is 19.5 Å². The predicted molar refractivity (Wildman–Crippen MR) is 106 cm³/mol. The van der Waals surface area contributed by atoms with Crippen LogP contribution in [0.5, 0.6) is 11.5 Å². The normalized spacial score (nSPS) is 16.6. The lowest BCUT2D eigenvalue weighted by molar-refractivity contribution is 0.120. The Bertz CT molecular complexity index is 945. The van der Waals surface area contributed by atoms with Gasteiger partial charge in [-0.05, 0) is 55.7 Å². The van der Waals surface area contributed by atoms with Gasteiger partial charge in [0.1, 0.15) is 17.2 Å². The Hall–Kier alpha value is -2.73. The second-order valence-electron chi connectivity index (χ2n) is 6.83. The first-order valence-corrected chi connectivity index (χ1v) is 9.26. The molecular formula is C21H25N3O3. The molecule has 4 rings (SSSR count). The number of ether oxygens (including phenoxy) is 3. The summed E-state index contributed by atoms with van der Waals surface area (Å²) in [6.45, 7) is 3.69. The Morgan fingerprint density at radius 2 is 2.04 bits per heavy atom. The summed E-state index contributed by atoms with van der Waals surface area (Å²) in [5.41, 5.74) is 3.95. The van der Waals surface area contributed by atoms with Crippen LogP contribution in [0.4, 0.5) is 5.82 Å². The number of benzene rings is 1. The zero-order valence-corrected chi connectivity index (χ0v) is 16.0. The zero-order valence-electron chi connectivity index (χ0n) is 16.0. The first-order valence-electron chi connectivity index (χ1n) is 9.26. The standard InChI is InChI=1S/C21H25N3O3/c1-14-8-9-24-19(11-14)23-20(21(24)22-13-16-5-4-10-27-16)15-6-7-17(25-2)18(12-15)26-3/h6-9,11-12,16,22H,4-5,10,13H2,1-3H3/t16-/m1/s1. The number of hydrogen-bond acceptors (Lipinski definition) is 5. The number of imidazole rings is 1. The van der Waals surface area contributed by atoms with E-state index in [0.29, 0.717) is 11.5 Å². The van der Waals surface area contributed by atoms with E-state index in [1.54, 1.807) is 14.2 Å². The van der Waals surface area contributed by atoms with Crippen LogP contribution in [0.25, 0.3) is 16.9 Å². The maximum absolute atomic E-state index is 5.77. The highest BCUT2D eigenvalue weighted by molar-refractivity contribution is 5.78. The Balaban J connectivity index is 1.77. The van der Waals surface area contributed by atoms with Gasteiger partial charge >= 0.3 is 0 Å². The van der Waals surface area contributed by atoms with E-state index in [4.69, 9.17) is 19.2 Å². The van der Waals surface area contributed by atoms with Gasteiger partial charge in [0.15, 0.2) is 11.5 Å². The van der Waals surface area contributed by atoms with Crippen LogP contribution in [0.2, 0.25) is 0 Å². The number of methoxy groups -OCH3 is 2. The van der Waals surface area contributed by atoms with Crippen LogP contribution in [-0.2, 0) is 4.74 Å². The third kappa shape index (κ3) is 3.45. The van der Waals surface area contributed by atoms with E-state index in [1.165, 1.54) is 5.56 Å². The van der Waals surface area contributed by atoms with Gasteiger partial charge in [-0.25, -0.2) is 4.98 Å². The lowest BCUT2D eigenvalue weighted by atomic mass is 10.1. The largest absolute Gasteiger partial charge is 0.493 e. The molecule has 27 heavy (non-hydrogen) atoms. The van der Waals surface area contributed by atoms with Gasteiger partial charge in [-0.1, -0.05) is 0 Å². The molecule has 6 heteroatoms. The SMILES string of the molecule is COc1ccc(-c2nc3cc(C)ccn3c2NC[C@H]2CCCO2)cc1OC. The molecule has 3 aromatic rings. The fourth-order valence-corrected chi connectivity index (χ4v) is 3.52. The summed E-state index contributed by atoms with van der Waals surface area (Å²) in [5.74, 6) is 2.36. The molecule has 6 nitrogen and oxygen atoms in total. The van der Waals surface area contributed by atoms with Crippen LogP contribution in [0.1, 0.15) is 18.4 Å². The molecule has 1 saturated heterocycles. The van der Waals surface area contributed by atoms with Crippen molar-refractivity contribution in [3.8, 4) is 22.8 Å². The van der Waals surface area contributed by atoms with Crippen molar-refractivity contribution >= 4 is 11.5 Å². The van der Waals surface area contributed by atoms with E-state index in [-0.39, 0.29) is 6.10 Å². The minimum absolute atomic E-state index is 0.249. The summed E-state index contributed by atoms with van der Waals surface area (Å²) in [4.78, 5) is 4.88. The minimum atomic E-state index is 0.249. The maximum atomic E-state index is 5.77. The van der Waals surface area contributed by atoms with Gasteiger partial charge in [0.25, 0.3) is 0 Å². The lowest BCUT2D eigenvalue weighted by Gasteiger charge is -2.14. The fraction of sp³-hybridized carbons (Fsp3) is 0.381. The average Bonchev–Trinajstić information content (AvgIpc) is 3.33. The highest BCUT2D eigenvalue weighted by Crippen LogP contribution is 2.35. The molecule has 1 aromatic carbocycles. The molecule has 0 unspecified atom stereocenters. The van der Waals surface area contributed by atoms with Crippen molar-refractivity contribution in [1.82, 2.24) is 9.38 Å². The van der Waals surface area contributed by atoms with E-state index in [1.807, 2.05) is 18.2 Å². The van der Waals surface area contributed by atoms with Crippen LogP contribution in [0.3, 0.4) is 0 Å². The molecule has 0 radical (unpaired) electrons. The summed E-state index contributed by atoms with van der Waals surface area (Å²) in [6, 6.07) is 10.1. The van der Waals surface area contributed by atoms with Crippen LogP contribution < -0.4 is 14.8 Å². The number of aromatic nitrogens is 2. The van der Waals surface area contributed by atoms with Gasteiger partial charge in [-0.3, -0.25) is 4.40 Å². The molecule has 0 bridgehead atoms. The third-order valence-corrected chi connectivity index (χ3v) is 4.96. The Morgan fingerprint density at radius 3 is 2.78 bits per heavy atom. The summed E-state index contributed by atoms with van der Waals surface area (Å²) in [6.07, 6.45) is 4.52. The number of pyridine rings is 1. The maximum Gasteiger partial charge on any atom is 0.161 e. The molecule has 0 spiro atoms. The summed E-state index contributed by atoms with van der Waals surface area (Å²) >= 11 is 0. The van der Waals surface area contributed by atoms with Crippen molar-refractivity contribution in [1.29, 1.82) is 0 Å². The van der Waals surface area contributed by atoms with Crippen molar-refractivity contribution in [2.75, 3.05) is 32.7 Å². The molecule has 2 aromatic heterocycles. The van der Waals surface area contributed by atoms with E-state index < -0.39 is 0 Å². The Morgan fingerprint density at radius 1 is 1.19 bits per heavy atom. The van der Waals surface area contributed by atoms with Crippen LogP contribution in [-0.4, -0.2) is 42.9 Å². The molecule has 142 valence electrons. The second kappa shape index (κ2) is 7.48. The molecule has 0 amide bonds. The summed E-state index contributed by atoms with van der Waals surface area (Å²) in [7, 11) is 3.28. The molecule has 1 aliphatic rings. The highest BCUT2D eigenvalue weighted by atomic mass is 16.5. The molecule has 1 fully saturated rings. The van der Waals surface area contributed by atoms with Crippen LogP contribution in [0.15, 0.2) is 36.5 Å².